The van der Waals surface area contributed by atoms with Gasteiger partial charge in [0.2, 0.25) is 0 Å². The third-order valence-electron chi connectivity index (χ3n) is 1.27. The molecule has 0 spiro atoms. The van der Waals surface area contributed by atoms with Gasteiger partial charge in [0, 0.05) is 7.05 Å². The zero-order valence-electron chi connectivity index (χ0n) is 6.11. The number of nitrogens with zero attached hydrogens (tertiary/aromatic N) is 2. The summed E-state index contributed by atoms with van der Waals surface area (Å²) in [6.07, 6.45) is 6.47. The number of anilines is 1. The summed E-state index contributed by atoms with van der Waals surface area (Å²) in [5.41, 5.74) is 0.503. The van der Waals surface area contributed by atoms with Gasteiger partial charge in [0.05, 0.1) is 12.7 Å². The van der Waals surface area contributed by atoms with Crippen LogP contribution in [0, 0.1) is 12.3 Å². The number of hydrogen-bond acceptors (Lipinski definition) is 4. The van der Waals surface area contributed by atoms with Crippen molar-refractivity contribution in [3.63, 3.8) is 0 Å². The summed E-state index contributed by atoms with van der Waals surface area (Å²) >= 11 is 0. The van der Waals surface area contributed by atoms with Crippen LogP contribution >= 0.6 is 0 Å². The molecule has 0 aromatic carbocycles. The van der Waals surface area contributed by atoms with Crippen molar-refractivity contribution >= 4 is 5.69 Å². The maximum Gasteiger partial charge on any atom is 0.332 e. The Bertz CT molecular complexity index is 274. The van der Waals surface area contributed by atoms with E-state index in [0.29, 0.717) is 12.2 Å². The van der Waals surface area contributed by atoms with Crippen LogP contribution in [0.4, 0.5) is 5.69 Å². The molecule has 0 saturated carbocycles. The lowest BCUT2D eigenvalue weighted by Gasteiger charge is -2.11. The topological polar surface area (TPSA) is 49.5 Å². The molecule has 0 aliphatic carbocycles. The predicted molar refractivity (Wildman–Crippen MR) is 40.3 cm³/mol. The first kappa shape index (κ1) is 7.48. The smallest absolute Gasteiger partial charge is 0.332 e. The first-order valence-corrected chi connectivity index (χ1v) is 3.04. The second-order valence-corrected chi connectivity index (χ2v) is 2.08. The van der Waals surface area contributed by atoms with Crippen molar-refractivity contribution in [2.45, 2.75) is 0 Å². The summed E-state index contributed by atoms with van der Waals surface area (Å²) in [6.45, 7) is 0.411. The van der Waals surface area contributed by atoms with Gasteiger partial charge >= 0.3 is 5.95 Å². The molecule has 1 aromatic rings. The second-order valence-electron chi connectivity index (χ2n) is 2.08. The molecule has 0 amide bonds. The molecule has 0 saturated heterocycles. The van der Waals surface area contributed by atoms with E-state index in [9.17, 15) is 0 Å². The lowest BCUT2D eigenvalue weighted by atomic mass is 10.4. The summed E-state index contributed by atoms with van der Waals surface area (Å²) in [6, 6.07) is 0. The van der Waals surface area contributed by atoms with Crippen molar-refractivity contribution in [2.24, 2.45) is 0 Å². The summed E-state index contributed by atoms with van der Waals surface area (Å²) in [4.78, 5) is 1.66. The highest BCUT2D eigenvalue weighted by atomic mass is 16.5. The first-order chi connectivity index (χ1) is 5.25. The Morgan fingerprint density at radius 2 is 2.64 bits per heavy atom. The van der Waals surface area contributed by atoms with E-state index < -0.39 is 0 Å². The van der Waals surface area contributed by atoms with Crippen molar-refractivity contribution in [1.82, 2.24) is 5.16 Å². The number of aromatic hydroxyl groups is 1. The number of hydrogen-bond donors (Lipinski definition) is 1. The van der Waals surface area contributed by atoms with Gasteiger partial charge in [-0.3, -0.25) is 0 Å². The minimum absolute atomic E-state index is 0.206. The van der Waals surface area contributed by atoms with E-state index in [1.807, 2.05) is 0 Å². The standard InChI is InChI=1S/C7H8N2O2/c1-3-4-9(2)6-5-8-11-7(6)10/h1,5,10H,4H2,2H3. The van der Waals surface area contributed by atoms with Crippen LogP contribution in [0.2, 0.25) is 0 Å². The molecular weight excluding hydrogens is 144 g/mol. The average molecular weight is 152 g/mol. The molecular formula is C7H8N2O2. The maximum absolute atomic E-state index is 9.01. The van der Waals surface area contributed by atoms with Gasteiger partial charge in [0.25, 0.3) is 0 Å². The van der Waals surface area contributed by atoms with Gasteiger partial charge in [-0.25, -0.2) is 0 Å². The van der Waals surface area contributed by atoms with Gasteiger partial charge in [0.15, 0.2) is 0 Å². The summed E-state index contributed by atoms with van der Waals surface area (Å²) in [5.74, 6) is 2.22. The molecule has 0 unspecified atom stereocenters. The van der Waals surface area contributed by atoms with Crippen molar-refractivity contribution in [2.75, 3.05) is 18.5 Å². The Balaban J connectivity index is 2.77. The van der Waals surface area contributed by atoms with Gasteiger partial charge in [-0.05, 0) is 0 Å². The van der Waals surface area contributed by atoms with E-state index in [4.69, 9.17) is 11.5 Å². The van der Waals surface area contributed by atoms with E-state index in [0.717, 1.165) is 0 Å². The van der Waals surface area contributed by atoms with Crippen molar-refractivity contribution < 1.29 is 9.63 Å². The van der Waals surface area contributed by atoms with Crippen LogP contribution in [0.3, 0.4) is 0 Å². The van der Waals surface area contributed by atoms with E-state index in [1.54, 1.807) is 11.9 Å². The molecule has 1 heterocycles. The maximum atomic E-state index is 9.01. The van der Waals surface area contributed by atoms with Crippen LogP contribution in [0.5, 0.6) is 5.95 Å². The molecule has 0 fully saturated rings. The van der Waals surface area contributed by atoms with Gasteiger partial charge in [-0.1, -0.05) is 11.1 Å². The van der Waals surface area contributed by atoms with E-state index in [1.165, 1.54) is 6.20 Å². The Hall–Kier alpha value is -1.63. The van der Waals surface area contributed by atoms with E-state index >= 15 is 0 Å². The van der Waals surface area contributed by atoms with Crippen LogP contribution in [-0.4, -0.2) is 23.9 Å². The van der Waals surface area contributed by atoms with Gasteiger partial charge in [-0.2, -0.15) is 0 Å². The molecule has 1 N–H and O–H groups in total. The van der Waals surface area contributed by atoms with Crippen molar-refractivity contribution in [3.05, 3.63) is 6.20 Å². The quantitative estimate of drug-likeness (QED) is 0.625. The van der Waals surface area contributed by atoms with Crippen molar-refractivity contribution in [1.29, 1.82) is 0 Å². The fourth-order valence-corrected chi connectivity index (χ4v) is 0.712. The van der Waals surface area contributed by atoms with Gasteiger partial charge < -0.3 is 14.5 Å². The highest BCUT2D eigenvalue weighted by molar-refractivity contribution is 5.51. The highest BCUT2D eigenvalue weighted by Gasteiger charge is 2.08. The Labute approximate surface area is 64.4 Å². The van der Waals surface area contributed by atoms with E-state index in [2.05, 4.69) is 15.6 Å². The fourth-order valence-electron chi connectivity index (χ4n) is 0.712. The lowest BCUT2D eigenvalue weighted by Crippen LogP contribution is -2.16. The van der Waals surface area contributed by atoms with Crippen LogP contribution in [0.15, 0.2) is 10.7 Å². The largest absolute Gasteiger partial charge is 0.478 e. The average Bonchev–Trinajstić information content (AvgIpc) is 2.36. The molecule has 1 aromatic heterocycles. The summed E-state index contributed by atoms with van der Waals surface area (Å²) in [5, 5.41) is 12.4. The number of terminal acetylenes is 1. The third kappa shape index (κ3) is 1.44. The molecule has 0 atom stereocenters. The SMILES string of the molecule is C#CCN(C)c1cnoc1O. The predicted octanol–water partition coefficient (Wildman–Crippen LogP) is 0.450. The van der Waals surface area contributed by atoms with Gasteiger partial charge in [-0.15, -0.1) is 6.42 Å². The van der Waals surface area contributed by atoms with Gasteiger partial charge in [0.1, 0.15) is 5.69 Å². The lowest BCUT2D eigenvalue weighted by molar-refractivity contribution is 0.278. The Morgan fingerprint density at radius 3 is 3.09 bits per heavy atom. The van der Waals surface area contributed by atoms with Crippen LogP contribution in [0.1, 0.15) is 0 Å². The fraction of sp³-hybridized carbons (Fsp3) is 0.286. The molecule has 4 nitrogen and oxygen atoms in total. The first-order valence-electron chi connectivity index (χ1n) is 3.04. The molecule has 0 aliphatic rings. The molecule has 0 radical (unpaired) electrons. The Morgan fingerprint density at radius 1 is 1.91 bits per heavy atom. The van der Waals surface area contributed by atoms with Crippen LogP contribution < -0.4 is 4.90 Å². The van der Waals surface area contributed by atoms with E-state index in [-0.39, 0.29) is 5.95 Å². The molecule has 1 rings (SSSR count). The monoisotopic (exact) mass is 152 g/mol. The number of rotatable bonds is 2. The zero-order valence-corrected chi connectivity index (χ0v) is 6.11. The third-order valence-corrected chi connectivity index (χ3v) is 1.27. The Kier molecular flexibility index (Phi) is 2.02. The zero-order chi connectivity index (χ0) is 8.27. The highest BCUT2D eigenvalue weighted by Crippen LogP contribution is 2.24. The number of aromatic nitrogens is 1. The molecule has 0 bridgehead atoms. The van der Waals surface area contributed by atoms with Crippen molar-refractivity contribution in [3.8, 4) is 18.3 Å². The molecule has 0 aliphatic heterocycles. The van der Waals surface area contributed by atoms with Crippen LogP contribution in [-0.2, 0) is 0 Å². The summed E-state index contributed by atoms with van der Waals surface area (Å²) in [7, 11) is 1.74. The minimum atomic E-state index is -0.206. The molecule has 58 valence electrons. The molecule has 11 heavy (non-hydrogen) atoms. The van der Waals surface area contributed by atoms with Crippen LogP contribution in [0.25, 0.3) is 0 Å². The normalized spacial score (nSPS) is 9.09. The summed E-state index contributed by atoms with van der Waals surface area (Å²) < 4.78 is 4.43. The minimum Gasteiger partial charge on any atom is -0.478 e. The molecule has 4 heteroatoms. The second kappa shape index (κ2) is 2.97.